The van der Waals surface area contributed by atoms with Crippen LogP contribution < -0.4 is 22.1 Å². The van der Waals surface area contributed by atoms with Gasteiger partial charge in [-0.2, -0.15) is 4.98 Å². The number of para-hydroxylation sites is 1. The fourth-order valence-electron chi connectivity index (χ4n) is 7.52. The predicted molar refractivity (Wildman–Crippen MR) is 224 cm³/mol. The van der Waals surface area contributed by atoms with Crippen molar-refractivity contribution in [3.63, 3.8) is 0 Å². The van der Waals surface area contributed by atoms with Gasteiger partial charge in [0.25, 0.3) is 0 Å². The molecule has 0 saturated heterocycles. The topological polar surface area (TPSA) is 192 Å². The van der Waals surface area contributed by atoms with E-state index in [2.05, 4.69) is 45.0 Å². The molecule has 7 aromatic rings. The van der Waals surface area contributed by atoms with E-state index < -0.39 is 29.9 Å². The quantitative estimate of drug-likeness (QED) is 0.0800. The number of phenols is 1. The molecule has 4 aromatic carbocycles. The van der Waals surface area contributed by atoms with Gasteiger partial charge in [0, 0.05) is 62.3 Å². The van der Waals surface area contributed by atoms with Crippen molar-refractivity contribution in [2.75, 3.05) is 5.73 Å². The maximum Gasteiger partial charge on any atom is 0.249 e. The maximum absolute atomic E-state index is 14.6. The van der Waals surface area contributed by atoms with Crippen LogP contribution in [0.1, 0.15) is 58.4 Å². The van der Waals surface area contributed by atoms with Gasteiger partial charge < -0.3 is 40.9 Å². The van der Waals surface area contributed by atoms with Crippen molar-refractivity contribution in [1.82, 2.24) is 34.9 Å². The molecule has 0 bridgehead atoms. The summed E-state index contributed by atoms with van der Waals surface area (Å²) < 4.78 is 9.74. The molecular formula is C45H49N9O4. The summed E-state index contributed by atoms with van der Waals surface area (Å²) >= 11 is 0. The van der Waals surface area contributed by atoms with Gasteiger partial charge in [-0.25, -0.2) is 4.98 Å². The number of aromatic hydroxyl groups is 1. The molecule has 58 heavy (non-hydrogen) atoms. The largest absolute Gasteiger partial charge is 0.508 e. The molecule has 298 valence electrons. The molecule has 13 nitrogen and oxygen atoms in total. The number of nitrogen functional groups attached to an aromatic ring is 1. The van der Waals surface area contributed by atoms with E-state index in [1.165, 1.54) is 0 Å². The summed E-state index contributed by atoms with van der Waals surface area (Å²) in [5.41, 5.74) is 20.0. The summed E-state index contributed by atoms with van der Waals surface area (Å²) in [4.78, 5) is 37.1. The fourth-order valence-corrected chi connectivity index (χ4v) is 7.52. The van der Waals surface area contributed by atoms with Crippen molar-refractivity contribution in [3.05, 3.63) is 149 Å². The first-order valence-electron chi connectivity index (χ1n) is 19.4. The van der Waals surface area contributed by atoms with Crippen LogP contribution in [-0.2, 0) is 42.4 Å². The number of hydrogen-bond donors (Lipinski definition) is 5. The van der Waals surface area contributed by atoms with Crippen molar-refractivity contribution in [1.29, 1.82) is 0 Å². The molecule has 3 atom stereocenters. The molecular weight excluding hydrogens is 731 g/mol. The number of imidazole rings is 1. The third-order valence-corrected chi connectivity index (χ3v) is 10.6. The molecule has 3 aromatic heterocycles. The SMILES string of the molecule is Cc1cc(O)cc(C)c1C[C@H](NC(=O)[C@H](N)CCCn1ccnc1N)C(=O)N[C@@H](Cc1cn(C)c2ccccc12)c1nc(Cc2ccc(-c3ccccc3)cc2)no1. The Morgan fingerprint density at radius 1 is 0.897 bits per heavy atom. The number of aryl methyl sites for hydroxylation is 4. The second-order valence-corrected chi connectivity index (χ2v) is 14.9. The highest BCUT2D eigenvalue weighted by Crippen LogP contribution is 2.28. The summed E-state index contributed by atoms with van der Waals surface area (Å²) in [6.07, 6.45) is 7.29. The van der Waals surface area contributed by atoms with Crippen molar-refractivity contribution in [2.24, 2.45) is 12.8 Å². The van der Waals surface area contributed by atoms with Gasteiger partial charge >= 0.3 is 0 Å². The Bertz CT molecular complexity index is 2480. The Hall–Kier alpha value is -6.73. The zero-order valence-corrected chi connectivity index (χ0v) is 32.9. The lowest BCUT2D eigenvalue weighted by Crippen LogP contribution is -2.53. The standard InChI is InChI=1S/C45H49N9O4/c1-28-22-34(55)23-29(2)36(28)26-38(49-42(56)37(46)13-9-20-54-21-19-48-45(54)47)43(57)50-39(25-33-27-53(3)40-14-8-7-12-35(33)40)44-51-41(52-58-44)24-30-15-17-32(18-16-30)31-10-5-4-6-11-31/h4-8,10-12,14-19,21-23,27,37-39,55H,9,13,20,24-26,46H2,1-3H3,(H2,47,48)(H,49,56)(H,50,57)/t37-,38+,39+/m1/s1. The predicted octanol–water partition coefficient (Wildman–Crippen LogP) is 5.86. The number of anilines is 1. The number of carbonyl (C=O) groups is 2. The average molecular weight is 780 g/mol. The normalized spacial score (nSPS) is 13.0. The van der Waals surface area contributed by atoms with Crippen molar-refractivity contribution < 1.29 is 19.2 Å². The van der Waals surface area contributed by atoms with Gasteiger partial charge in [-0.1, -0.05) is 78.0 Å². The van der Waals surface area contributed by atoms with Crippen LogP contribution in [0.15, 0.2) is 114 Å². The Labute approximate surface area is 337 Å². The van der Waals surface area contributed by atoms with E-state index in [9.17, 15) is 14.7 Å². The number of hydrogen-bond acceptors (Lipinski definition) is 9. The molecule has 7 N–H and O–H groups in total. The number of amides is 2. The van der Waals surface area contributed by atoms with E-state index in [0.717, 1.165) is 49.8 Å². The minimum atomic E-state index is -1.02. The summed E-state index contributed by atoms with van der Waals surface area (Å²) in [6, 6.07) is 27.1. The zero-order chi connectivity index (χ0) is 40.8. The molecule has 7 rings (SSSR count). The third-order valence-electron chi connectivity index (χ3n) is 10.6. The van der Waals surface area contributed by atoms with E-state index in [4.69, 9.17) is 21.0 Å². The summed E-state index contributed by atoms with van der Waals surface area (Å²) in [5, 5.41) is 21.7. The lowest BCUT2D eigenvalue weighted by atomic mass is 9.95. The number of aromatic nitrogens is 5. The number of nitrogens with two attached hydrogens (primary N) is 2. The van der Waals surface area contributed by atoms with Gasteiger partial charge in [0.15, 0.2) is 11.8 Å². The van der Waals surface area contributed by atoms with Gasteiger partial charge in [0.1, 0.15) is 17.8 Å². The minimum absolute atomic E-state index is 0.124. The number of nitrogens with one attached hydrogen (secondary N) is 2. The van der Waals surface area contributed by atoms with Gasteiger partial charge in [0.2, 0.25) is 17.7 Å². The number of phenolic OH excluding ortho intramolecular Hbond substituents is 1. The Morgan fingerprint density at radius 2 is 1.60 bits per heavy atom. The zero-order valence-electron chi connectivity index (χ0n) is 32.9. The van der Waals surface area contributed by atoms with Gasteiger partial charge in [-0.3, -0.25) is 9.59 Å². The molecule has 13 heteroatoms. The second kappa shape index (κ2) is 17.6. The molecule has 0 spiro atoms. The van der Waals surface area contributed by atoms with Gasteiger partial charge in [-0.15, -0.1) is 0 Å². The van der Waals surface area contributed by atoms with E-state index in [-0.39, 0.29) is 18.1 Å². The van der Waals surface area contributed by atoms with Crippen LogP contribution in [-0.4, -0.2) is 53.3 Å². The van der Waals surface area contributed by atoms with Gasteiger partial charge in [-0.05, 0) is 83.8 Å². The second-order valence-electron chi connectivity index (χ2n) is 14.9. The molecule has 0 aliphatic rings. The molecule has 0 saturated carbocycles. The number of rotatable bonds is 16. The smallest absolute Gasteiger partial charge is 0.249 e. The molecule has 0 aliphatic heterocycles. The highest BCUT2D eigenvalue weighted by molar-refractivity contribution is 5.90. The Kier molecular flexibility index (Phi) is 12.0. The maximum atomic E-state index is 14.6. The van der Waals surface area contributed by atoms with Crippen LogP contribution in [0.25, 0.3) is 22.0 Å². The van der Waals surface area contributed by atoms with E-state index in [0.29, 0.717) is 44.0 Å². The van der Waals surface area contributed by atoms with E-state index in [1.54, 1.807) is 29.1 Å². The molecule has 3 heterocycles. The van der Waals surface area contributed by atoms with E-state index in [1.807, 2.05) is 86.3 Å². The summed E-state index contributed by atoms with van der Waals surface area (Å²) in [7, 11) is 1.98. The van der Waals surface area contributed by atoms with Gasteiger partial charge in [0.05, 0.1) is 6.04 Å². The van der Waals surface area contributed by atoms with Crippen LogP contribution in [0.5, 0.6) is 5.75 Å². The summed E-state index contributed by atoms with van der Waals surface area (Å²) in [5.74, 6) is 0.326. The van der Waals surface area contributed by atoms with Crippen LogP contribution in [0, 0.1) is 13.8 Å². The number of fused-ring (bicyclic) bond motifs is 1. The highest BCUT2D eigenvalue weighted by atomic mass is 16.5. The third kappa shape index (κ3) is 9.27. The van der Waals surface area contributed by atoms with Crippen molar-refractivity contribution >= 4 is 28.7 Å². The molecule has 0 fully saturated rings. The fraction of sp³-hybridized carbons (Fsp3) is 0.267. The van der Waals surface area contributed by atoms with Crippen LogP contribution in [0.2, 0.25) is 0 Å². The van der Waals surface area contributed by atoms with Crippen molar-refractivity contribution in [2.45, 2.75) is 70.6 Å². The average Bonchev–Trinajstić information content (AvgIpc) is 3.94. The molecule has 0 aliphatic carbocycles. The first-order valence-corrected chi connectivity index (χ1v) is 19.4. The number of carbonyl (C=O) groups excluding carboxylic acids is 2. The first-order chi connectivity index (χ1) is 28.0. The number of benzene rings is 4. The highest BCUT2D eigenvalue weighted by Gasteiger charge is 2.30. The van der Waals surface area contributed by atoms with Crippen LogP contribution in [0.3, 0.4) is 0 Å². The van der Waals surface area contributed by atoms with Crippen LogP contribution >= 0.6 is 0 Å². The van der Waals surface area contributed by atoms with Crippen molar-refractivity contribution in [3.8, 4) is 16.9 Å². The summed E-state index contributed by atoms with van der Waals surface area (Å²) in [6.45, 7) is 4.28. The lowest BCUT2D eigenvalue weighted by molar-refractivity contribution is -0.130. The molecule has 0 unspecified atom stereocenters. The monoisotopic (exact) mass is 779 g/mol. The lowest BCUT2D eigenvalue weighted by Gasteiger charge is -2.24. The number of nitrogens with zero attached hydrogens (tertiary/aromatic N) is 5. The minimum Gasteiger partial charge on any atom is -0.508 e. The Morgan fingerprint density at radius 3 is 2.33 bits per heavy atom. The van der Waals surface area contributed by atoms with Crippen LogP contribution in [0.4, 0.5) is 5.95 Å². The first kappa shape index (κ1) is 39.5. The Balaban J connectivity index is 1.14. The molecule has 2 amide bonds. The molecule has 0 radical (unpaired) electrons. The van der Waals surface area contributed by atoms with E-state index >= 15 is 0 Å².